The Bertz CT molecular complexity index is 980. The lowest BCUT2D eigenvalue weighted by Crippen LogP contribution is -2.46. The average Bonchev–Trinajstić information content (AvgIpc) is 3.11. The monoisotopic (exact) mass is 409 g/mol. The van der Waals surface area contributed by atoms with Gasteiger partial charge in [-0.25, -0.2) is 9.97 Å². The topological polar surface area (TPSA) is 61.4 Å². The van der Waals surface area contributed by atoms with E-state index in [1.807, 2.05) is 13.0 Å². The number of hydrogen-bond acceptors (Lipinski definition) is 6. The molecule has 0 unspecified atom stereocenters. The molecule has 1 aromatic carbocycles. The van der Waals surface area contributed by atoms with Crippen molar-refractivity contribution in [1.82, 2.24) is 15.3 Å². The molecular weight excluding hydrogens is 382 g/mol. The van der Waals surface area contributed by atoms with Gasteiger partial charge in [-0.1, -0.05) is 31.5 Å². The molecule has 4 rings (SSSR count). The zero-order valence-corrected chi connectivity index (χ0v) is 17.8. The number of hydrogen-bond donors (Lipinski definition) is 1. The van der Waals surface area contributed by atoms with Crippen LogP contribution in [0.15, 0.2) is 36.7 Å². The van der Waals surface area contributed by atoms with Gasteiger partial charge >= 0.3 is 0 Å². The zero-order chi connectivity index (χ0) is 20.2. The smallest absolute Gasteiger partial charge is 0.261 e. The van der Waals surface area contributed by atoms with Gasteiger partial charge in [0.1, 0.15) is 17.0 Å². The van der Waals surface area contributed by atoms with E-state index >= 15 is 0 Å². The van der Waals surface area contributed by atoms with Crippen molar-refractivity contribution < 1.29 is 4.79 Å². The second-order valence-electron chi connectivity index (χ2n) is 7.35. The molecule has 1 saturated heterocycles. The van der Waals surface area contributed by atoms with Gasteiger partial charge in [-0.15, -0.1) is 11.3 Å². The van der Waals surface area contributed by atoms with Gasteiger partial charge in [-0.2, -0.15) is 0 Å². The summed E-state index contributed by atoms with van der Waals surface area (Å²) in [6.07, 6.45) is 3.68. The summed E-state index contributed by atoms with van der Waals surface area (Å²) < 4.78 is 0. The molecule has 7 heteroatoms. The molecule has 2 aromatic heterocycles. The SMILES string of the molecule is CCCCNC(=O)c1sc2ncnc(N3CCN(c4ccccc4)CC3)c2c1C. The molecule has 1 N–H and O–H groups in total. The van der Waals surface area contributed by atoms with Crippen molar-refractivity contribution in [2.24, 2.45) is 0 Å². The number of amides is 1. The predicted octanol–water partition coefficient (Wildman–Crippen LogP) is 3.86. The highest BCUT2D eigenvalue weighted by molar-refractivity contribution is 7.20. The van der Waals surface area contributed by atoms with E-state index in [2.05, 4.69) is 56.3 Å². The third kappa shape index (κ3) is 4.05. The second kappa shape index (κ2) is 8.78. The number of unbranched alkanes of at least 4 members (excludes halogenated alkanes) is 1. The summed E-state index contributed by atoms with van der Waals surface area (Å²) in [4.78, 5) is 28.1. The molecule has 3 aromatic rings. The normalized spacial score (nSPS) is 14.4. The van der Waals surface area contributed by atoms with E-state index in [1.165, 1.54) is 17.0 Å². The molecule has 152 valence electrons. The number of para-hydroxylation sites is 1. The minimum absolute atomic E-state index is 0.00111. The van der Waals surface area contributed by atoms with E-state index in [-0.39, 0.29) is 5.91 Å². The molecule has 1 amide bonds. The fraction of sp³-hybridized carbons (Fsp3) is 0.409. The van der Waals surface area contributed by atoms with Crippen LogP contribution in [0.25, 0.3) is 10.2 Å². The molecule has 0 saturated carbocycles. The summed E-state index contributed by atoms with van der Waals surface area (Å²) in [7, 11) is 0. The molecule has 1 fully saturated rings. The van der Waals surface area contributed by atoms with E-state index < -0.39 is 0 Å². The first kappa shape index (κ1) is 19.6. The number of thiophene rings is 1. The van der Waals surface area contributed by atoms with Gasteiger partial charge in [-0.3, -0.25) is 4.79 Å². The number of piperazine rings is 1. The maximum absolute atomic E-state index is 12.6. The number of carbonyl (C=O) groups excluding carboxylic acids is 1. The van der Waals surface area contributed by atoms with Crippen LogP contribution >= 0.6 is 11.3 Å². The Kier molecular flexibility index (Phi) is 5.94. The van der Waals surface area contributed by atoms with E-state index in [0.717, 1.165) is 65.5 Å². The Labute approximate surface area is 175 Å². The first-order chi connectivity index (χ1) is 14.2. The number of aromatic nitrogens is 2. The summed E-state index contributed by atoms with van der Waals surface area (Å²) in [6, 6.07) is 10.5. The van der Waals surface area contributed by atoms with Crippen LogP contribution in [0, 0.1) is 6.92 Å². The van der Waals surface area contributed by atoms with Gasteiger partial charge in [-0.05, 0) is 31.0 Å². The van der Waals surface area contributed by atoms with Gasteiger partial charge < -0.3 is 15.1 Å². The zero-order valence-electron chi connectivity index (χ0n) is 17.0. The molecule has 1 aliphatic heterocycles. The van der Waals surface area contributed by atoms with Gasteiger partial charge in [0.25, 0.3) is 5.91 Å². The highest BCUT2D eigenvalue weighted by Gasteiger charge is 2.24. The summed E-state index contributed by atoms with van der Waals surface area (Å²) >= 11 is 1.47. The van der Waals surface area contributed by atoms with Crippen LogP contribution in [0.5, 0.6) is 0 Å². The number of benzene rings is 1. The molecule has 1 aliphatic rings. The van der Waals surface area contributed by atoms with Crippen LogP contribution in [0.1, 0.15) is 35.0 Å². The van der Waals surface area contributed by atoms with Crippen molar-refractivity contribution in [1.29, 1.82) is 0 Å². The molecule has 6 nitrogen and oxygen atoms in total. The van der Waals surface area contributed by atoms with Crippen LogP contribution in [0.2, 0.25) is 0 Å². The fourth-order valence-electron chi connectivity index (χ4n) is 3.78. The van der Waals surface area contributed by atoms with Crippen molar-refractivity contribution in [2.75, 3.05) is 42.5 Å². The van der Waals surface area contributed by atoms with Crippen LogP contribution in [-0.2, 0) is 0 Å². The number of fused-ring (bicyclic) bond motifs is 1. The Balaban J connectivity index is 1.55. The van der Waals surface area contributed by atoms with Crippen molar-refractivity contribution in [3.05, 3.63) is 47.1 Å². The second-order valence-corrected chi connectivity index (χ2v) is 8.35. The van der Waals surface area contributed by atoms with E-state index in [1.54, 1.807) is 6.33 Å². The quantitative estimate of drug-likeness (QED) is 0.627. The van der Waals surface area contributed by atoms with E-state index in [0.29, 0.717) is 6.54 Å². The molecule has 0 spiro atoms. The molecule has 3 heterocycles. The lowest BCUT2D eigenvalue weighted by Gasteiger charge is -2.37. The van der Waals surface area contributed by atoms with Crippen LogP contribution in [0.3, 0.4) is 0 Å². The largest absolute Gasteiger partial charge is 0.368 e. The Morgan fingerprint density at radius 2 is 1.83 bits per heavy atom. The first-order valence-corrected chi connectivity index (χ1v) is 11.1. The van der Waals surface area contributed by atoms with Crippen molar-refractivity contribution in [3.63, 3.8) is 0 Å². The average molecular weight is 410 g/mol. The predicted molar refractivity (Wildman–Crippen MR) is 120 cm³/mol. The third-order valence-electron chi connectivity index (χ3n) is 5.43. The highest BCUT2D eigenvalue weighted by atomic mass is 32.1. The van der Waals surface area contributed by atoms with Crippen molar-refractivity contribution in [2.45, 2.75) is 26.7 Å². The molecule has 0 bridgehead atoms. The number of aryl methyl sites for hydroxylation is 1. The summed E-state index contributed by atoms with van der Waals surface area (Å²) in [5, 5.41) is 4.05. The number of carbonyl (C=O) groups is 1. The summed E-state index contributed by atoms with van der Waals surface area (Å²) in [5.41, 5.74) is 2.25. The molecular formula is C22H27N5OS. The summed E-state index contributed by atoms with van der Waals surface area (Å²) in [5.74, 6) is 0.947. The lowest BCUT2D eigenvalue weighted by molar-refractivity contribution is 0.0956. The van der Waals surface area contributed by atoms with Gasteiger partial charge in [0, 0.05) is 38.4 Å². The minimum atomic E-state index is -0.00111. The Morgan fingerprint density at radius 3 is 2.55 bits per heavy atom. The van der Waals surface area contributed by atoms with E-state index in [9.17, 15) is 4.79 Å². The van der Waals surface area contributed by atoms with E-state index in [4.69, 9.17) is 0 Å². The standard InChI is InChI=1S/C22H27N5OS/c1-3-4-10-23-21(28)19-16(2)18-20(24-15-25-22(18)29-19)27-13-11-26(12-14-27)17-8-6-5-7-9-17/h5-9,15H,3-4,10-14H2,1-2H3,(H,23,28). The van der Waals surface area contributed by atoms with Gasteiger partial charge in [0.15, 0.2) is 0 Å². The van der Waals surface area contributed by atoms with Crippen LogP contribution < -0.4 is 15.1 Å². The van der Waals surface area contributed by atoms with Gasteiger partial charge in [0.2, 0.25) is 0 Å². The van der Waals surface area contributed by atoms with Crippen LogP contribution in [0.4, 0.5) is 11.5 Å². The molecule has 0 radical (unpaired) electrons. The number of nitrogens with one attached hydrogen (secondary N) is 1. The number of anilines is 2. The molecule has 0 aliphatic carbocycles. The fourth-order valence-corrected chi connectivity index (χ4v) is 4.84. The summed E-state index contributed by atoms with van der Waals surface area (Å²) in [6.45, 7) is 8.54. The first-order valence-electron chi connectivity index (χ1n) is 10.3. The highest BCUT2D eigenvalue weighted by Crippen LogP contribution is 2.35. The lowest BCUT2D eigenvalue weighted by atomic mass is 10.1. The molecule has 0 atom stereocenters. The third-order valence-corrected chi connectivity index (χ3v) is 6.63. The van der Waals surface area contributed by atoms with Gasteiger partial charge in [0.05, 0.1) is 10.3 Å². The number of rotatable bonds is 6. The molecule has 29 heavy (non-hydrogen) atoms. The maximum atomic E-state index is 12.6. The number of nitrogens with zero attached hydrogens (tertiary/aromatic N) is 4. The van der Waals surface area contributed by atoms with Crippen molar-refractivity contribution >= 4 is 39.0 Å². The maximum Gasteiger partial charge on any atom is 0.261 e. The Morgan fingerprint density at radius 1 is 1.10 bits per heavy atom. The Hall–Kier alpha value is -2.67. The minimum Gasteiger partial charge on any atom is -0.368 e. The van der Waals surface area contributed by atoms with Crippen molar-refractivity contribution in [3.8, 4) is 0 Å². The van der Waals surface area contributed by atoms with Crippen LogP contribution in [-0.4, -0.2) is 48.6 Å².